The molecule has 1 aliphatic carbocycles. The maximum Gasteiger partial charge on any atom is 0.285 e. The van der Waals surface area contributed by atoms with Gasteiger partial charge in [-0.15, -0.1) is 4.40 Å². The first kappa shape index (κ1) is 15.1. The van der Waals surface area contributed by atoms with E-state index in [1.165, 1.54) is 19.3 Å². The van der Waals surface area contributed by atoms with E-state index in [1.807, 2.05) is 12.1 Å². The van der Waals surface area contributed by atoms with Crippen molar-refractivity contribution in [3.8, 4) is 0 Å². The zero-order chi connectivity index (χ0) is 16.0. The molecule has 0 radical (unpaired) electrons. The molecule has 1 aromatic carbocycles. The highest BCUT2D eigenvalue weighted by molar-refractivity contribution is 7.90. The number of aliphatic hydroxyl groups is 1. The number of aliphatic hydroxyl groups excluding tert-OH is 1. The molecule has 2 heterocycles. The van der Waals surface area contributed by atoms with Crippen molar-refractivity contribution < 1.29 is 13.5 Å². The van der Waals surface area contributed by atoms with E-state index in [9.17, 15) is 13.5 Å². The van der Waals surface area contributed by atoms with E-state index in [0.29, 0.717) is 35.2 Å². The number of β-amino-alcohol motifs (C(OH)–C–C–N with tert-alkyl or cyclic N) is 1. The number of likely N-dealkylation sites (tertiary alicyclic amines) is 1. The van der Waals surface area contributed by atoms with Gasteiger partial charge in [-0.05, 0) is 37.3 Å². The van der Waals surface area contributed by atoms with Gasteiger partial charge in [-0.2, -0.15) is 8.42 Å². The molecule has 6 heteroatoms. The third-order valence-corrected chi connectivity index (χ3v) is 6.73. The van der Waals surface area contributed by atoms with Gasteiger partial charge in [0.2, 0.25) is 0 Å². The van der Waals surface area contributed by atoms with Crippen LogP contribution in [-0.2, 0) is 10.0 Å². The van der Waals surface area contributed by atoms with Crippen molar-refractivity contribution in [3.05, 3.63) is 29.8 Å². The minimum atomic E-state index is -3.60. The van der Waals surface area contributed by atoms with Crippen molar-refractivity contribution in [2.75, 3.05) is 6.54 Å². The Labute approximate surface area is 137 Å². The van der Waals surface area contributed by atoms with Crippen LogP contribution in [0.25, 0.3) is 0 Å². The van der Waals surface area contributed by atoms with Crippen LogP contribution in [0.3, 0.4) is 0 Å². The van der Waals surface area contributed by atoms with Crippen molar-refractivity contribution >= 4 is 15.9 Å². The topological polar surface area (TPSA) is 70.0 Å². The standard InChI is InChI=1S/C17H22N2O3S/c20-13-10-15(12-6-2-1-3-7-12)19(11-13)17-14-8-4-5-9-16(14)23(21,22)18-17/h4-5,8-9,12-13,15,20H,1-3,6-7,10-11H2/t13-,15-/m1/s1. The molecule has 1 saturated heterocycles. The Balaban J connectivity index is 1.71. The molecule has 0 amide bonds. The van der Waals surface area contributed by atoms with Crippen molar-refractivity contribution in [3.63, 3.8) is 0 Å². The molecule has 23 heavy (non-hydrogen) atoms. The number of nitrogens with zero attached hydrogens (tertiary/aromatic N) is 2. The Bertz CT molecular complexity index is 738. The highest BCUT2D eigenvalue weighted by Crippen LogP contribution is 2.37. The number of hydrogen-bond acceptors (Lipinski definition) is 4. The molecule has 2 aliphatic heterocycles. The minimum Gasteiger partial charge on any atom is -0.391 e. The molecule has 124 valence electrons. The number of sulfonamides is 1. The first-order chi connectivity index (χ1) is 11.1. The molecule has 1 aromatic rings. The monoisotopic (exact) mass is 334 g/mol. The predicted octanol–water partition coefficient (Wildman–Crippen LogP) is 2.15. The van der Waals surface area contributed by atoms with Crippen LogP contribution in [0.2, 0.25) is 0 Å². The van der Waals surface area contributed by atoms with Gasteiger partial charge in [-0.25, -0.2) is 0 Å². The lowest BCUT2D eigenvalue weighted by Crippen LogP contribution is -2.40. The Hall–Kier alpha value is -1.40. The van der Waals surface area contributed by atoms with Gasteiger partial charge in [-0.1, -0.05) is 31.4 Å². The molecule has 1 saturated carbocycles. The zero-order valence-corrected chi connectivity index (χ0v) is 13.9. The van der Waals surface area contributed by atoms with Gasteiger partial charge in [0.1, 0.15) is 4.90 Å². The summed E-state index contributed by atoms with van der Waals surface area (Å²) >= 11 is 0. The van der Waals surface area contributed by atoms with Gasteiger partial charge in [0, 0.05) is 18.2 Å². The van der Waals surface area contributed by atoms with Crippen LogP contribution in [-0.4, -0.2) is 43.0 Å². The molecule has 0 spiro atoms. The minimum absolute atomic E-state index is 0.199. The molecule has 1 N–H and O–H groups in total. The van der Waals surface area contributed by atoms with Crippen molar-refractivity contribution in [1.29, 1.82) is 0 Å². The average Bonchev–Trinajstić information content (AvgIpc) is 3.07. The zero-order valence-electron chi connectivity index (χ0n) is 13.1. The summed E-state index contributed by atoms with van der Waals surface area (Å²) in [6, 6.07) is 7.21. The van der Waals surface area contributed by atoms with Crippen LogP contribution in [0, 0.1) is 5.92 Å². The maximum atomic E-state index is 12.3. The number of benzene rings is 1. The maximum absolute atomic E-state index is 12.3. The van der Waals surface area contributed by atoms with Crippen molar-refractivity contribution in [2.45, 2.75) is 55.6 Å². The van der Waals surface area contributed by atoms with Crippen LogP contribution in [0.15, 0.2) is 33.6 Å². The largest absolute Gasteiger partial charge is 0.391 e. The van der Waals surface area contributed by atoms with Crippen LogP contribution < -0.4 is 0 Å². The van der Waals surface area contributed by atoms with Gasteiger partial charge in [0.25, 0.3) is 10.0 Å². The van der Waals surface area contributed by atoms with Gasteiger partial charge in [0.15, 0.2) is 5.84 Å². The van der Waals surface area contributed by atoms with E-state index < -0.39 is 16.1 Å². The molecule has 2 atom stereocenters. The van der Waals surface area contributed by atoms with Crippen LogP contribution in [0.5, 0.6) is 0 Å². The van der Waals surface area contributed by atoms with E-state index in [1.54, 1.807) is 12.1 Å². The molecule has 0 unspecified atom stereocenters. The van der Waals surface area contributed by atoms with Crippen LogP contribution >= 0.6 is 0 Å². The smallest absolute Gasteiger partial charge is 0.285 e. The lowest BCUT2D eigenvalue weighted by molar-refractivity contribution is 0.185. The van der Waals surface area contributed by atoms with Gasteiger partial charge >= 0.3 is 0 Å². The van der Waals surface area contributed by atoms with Crippen LogP contribution in [0.4, 0.5) is 0 Å². The molecule has 2 fully saturated rings. The van der Waals surface area contributed by atoms with Crippen LogP contribution in [0.1, 0.15) is 44.1 Å². The number of fused-ring (bicyclic) bond motifs is 1. The summed E-state index contributed by atoms with van der Waals surface area (Å²) in [5, 5.41) is 10.2. The second-order valence-electron chi connectivity index (χ2n) is 6.89. The number of amidine groups is 1. The van der Waals surface area contributed by atoms with Gasteiger partial charge in [-0.3, -0.25) is 0 Å². The third-order valence-electron chi connectivity index (χ3n) is 5.40. The predicted molar refractivity (Wildman–Crippen MR) is 87.9 cm³/mol. The summed E-state index contributed by atoms with van der Waals surface area (Å²) < 4.78 is 28.7. The summed E-state index contributed by atoms with van der Waals surface area (Å²) in [4.78, 5) is 2.35. The Morgan fingerprint density at radius 1 is 1.13 bits per heavy atom. The van der Waals surface area contributed by atoms with Gasteiger partial charge in [0.05, 0.1) is 6.10 Å². The Morgan fingerprint density at radius 3 is 2.65 bits per heavy atom. The SMILES string of the molecule is O=S1(=O)N=C(N2C[C@H](O)C[C@@H]2C2CCCCC2)c2ccccc21. The summed E-state index contributed by atoms with van der Waals surface area (Å²) in [6.07, 6.45) is 6.37. The first-order valence-electron chi connectivity index (χ1n) is 8.45. The first-order valence-corrected chi connectivity index (χ1v) is 9.89. The molecular weight excluding hydrogens is 312 g/mol. The average molecular weight is 334 g/mol. The Morgan fingerprint density at radius 2 is 1.87 bits per heavy atom. The number of hydrogen-bond donors (Lipinski definition) is 1. The molecule has 0 bridgehead atoms. The highest BCUT2D eigenvalue weighted by Gasteiger charge is 2.42. The van der Waals surface area contributed by atoms with E-state index in [4.69, 9.17) is 0 Å². The highest BCUT2D eigenvalue weighted by atomic mass is 32.2. The second kappa shape index (κ2) is 5.60. The second-order valence-corrected chi connectivity index (χ2v) is 8.47. The van der Waals surface area contributed by atoms with E-state index in [2.05, 4.69) is 9.30 Å². The quantitative estimate of drug-likeness (QED) is 0.854. The molecule has 4 rings (SSSR count). The summed E-state index contributed by atoms with van der Waals surface area (Å²) in [5.74, 6) is 1.06. The fraction of sp³-hybridized carbons (Fsp3) is 0.588. The van der Waals surface area contributed by atoms with E-state index in [-0.39, 0.29) is 6.04 Å². The van der Waals surface area contributed by atoms with Crippen molar-refractivity contribution in [2.24, 2.45) is 10.3 Å². The fourth-order valence-corrected chi connectivity index (χ4v) is 5.57. The summed E-state index contributed by atoms with van der Waals surface area (Å²) in [6.45, 7) is 0.476. The summed E-state index contributed by atoms with van der Waals surface area (Å²) in [7, 11) is -3.60. The molecule has 5 nitrogen and oxygen atoms in total. The third kappa shape index (κ3) is 2.58. The number of rotatable bonds is 1. The fourth-order valence-electron chi connectivity index (χ4n) is 4.35. The lowest BCUT2D eigenvalue weighted by Gasteiger charge is -2.34. The molecular formula is C17H22N2O3S. The van der Waals surface area contributed by atoms with Gasteiger partial charge < -0.3 is 10.0 Å². The Kier molecular flexibility index (Phi) is 3.69. The molecule has 3 aliphatic rings. The molecule has 0 aromatic heterocycles. The van der Waals surface area contributed by atoms with E-state index in [0.717, 1.165) is 12.8 Å². The summed E-state index contributed by atoms with van der Waals surface area (Å²) in [5.41, 5.74) is 0.683. The lowest BCUT2D eigenvalue weighted by atomic mass is 9.82. The normalized spacial score (nSPS) is 30.3. The van der Waals surface area contributed by atoms with E-state index >= 15 is 0 Å². The van der Waals surface area contributed by atoms with Crippen molar-refractivity contribution in [1.82, 2.24) is 4.90 Å².